The number of piperidine rings is 1. The Balaban J connectivity index is 2.19. The first kappa shape index (κ1) is 6.17. The number of hydrogen-bond donors (Lipinski definition) is 1. The molecule has 0 aromatic rings. The van der Waals surface area contributed by atoms with Crippen LogP contribution in [0.1, 0.15) is 19.3 Å². The lowest BCUT2D eigenvalue weighted by atomic mass is 9.93. The highest BCUT2D eigenvalue weighted by Crippen LogP contribution is 2.22. The lowest BCUT2D eigenvalue weighted by Gasteiger charge is -2.22. The van der Waals surface area contributed by atoms with Gasteiger partial charge in [0.2, 0.25) is 0 Å². The van der Waals surface area contributed by atoms with Crippen molar-refractivity contribution in [1.82, 2.24) is 5.32 Å². The molecule has 0 unspecified atom stereocenters. The smallest absolute Gasteiger partial charge is 0.0205 e. The summed E-state index contributed by atoms with van der Waals surface area (Å²) in [5.74, 6) is 0. The topological polar surface area (TPSA) is 12.0 Å². The van der Waals surface area contributed by atoms with E-state index in [0.717, 1.165) is 6.54 Å². The van der Waals surface area contributed by atoms with Crippen molar-refractivity contribution in [2.45, 2.75) is 19.3 Å². The van der Waals surface area contributed by atoms with E-state index in [-0.39, 0.29) is 0 Å². The first-order chi connectivity index (χ1) is 4.97. The van der Waals surface area contributed by atoms with Crippen molar-refractivity contribution in [2.24, 2.45) is 0 Å². The highest BCUT2D eigenvalue weighted by molar-refractivity contribution is 5.36. The quantitative estimate of drug-likeness (QED) is 0.532. The Labute approximate surface area is 61.8 Å². The molecule has 2 aliphatic rings. The van der Waals surface area contributed by atoms with Crippen LogP contribution >= 0.6 is 0 Å². The average Bonchev–Trinajstić information content (AvgIpc) is 2.05. The maximum absolute atomic E-state index is 3.37. The number of hydrogen-bond acceptors (Lipinski definition) is 1. The molecule has 1 fully saturated rings. The molecule has 0 aromatic heterocycles. The van der Waals surface area contributed by atoms with Crippen molar-refractivity contribution in [3.63, 3.8) is 0 Å². The molecule has 0 saturated carbocycles. The third-order valence-corrected chi connectivity index (χ3v) is 2.25. The molecule has 0 atom stereocenters. The summed E-state index contributed by atoms with van der Waals surface area (Å²) in [6.07, 6.45) is 8.53. The van der Waals surface area contributed by atoms with Crippen LogP contribution in [0.3, 0.4) is 0 Å². The van der Waals surface area contributed by atoms with Crippen LogP contribution in [0.2, 0.25) is 0 Å². The van der Waals surface area contributed by atoms with Gasteiger partial charge in [-0.25, -0.2) is 0 Å². The summed E-state index contributed by atoms with van der Waals surface area (Å²) in [5, 5.41) is 3.37. The molecule has 1 heterocycles. The Morgan fingerprint density at radius 2 is 1.90 bits per heavy atom. The summed E-state index contributed by atoms with van der Waals surface area (Å²) >= 11 is 0. The third kappa shape index (κ3) is 1.01. The zero-order valence-corrected chi connectivity index (χ0v) is 6.19. The zero-order valence-electron chi connectivity index (χ0n) is 6.19. The summed E-state index contributed by atoms with van der Waals surface area (Å²) in [7, 11) is 0. The van der Waals surface area contributed by atoms with E-state index < -0.39 is 0 Å². The van der Waals surface area contributed by atoms with Gasteiger partial charge in [0.1, 0.15) is 0 Å². The fourth-order valence-corrected chi connectivity index (χ4v) is 1.67. The molecular formula is C9H13N. The van der Waals surface area contributed by atoms with E-state index in [1.54, 1.807) is 11.1 Å². The van der Waals surface area contributed by atoms with Gasteiger partial charge >= 0.3 is 0 Å². The van der Waals surface area contributed by atoms with Crippen LogP contribution in [0.5, 0.6) is 0 Å². The summed E-state index contributed by atoms with van der Waals surface area (Å²) < 4.78 is 0. The normalized spacial score (nSPS) is 24.8. The lowest BCUT2D eigenvalue weighted by Crippen LogP contribution is -2.26. The molecule has 1 N–H and O–H groups in total. The van der Waals surface area contributed by atoms with E-state index in [2.05, 4.69) is 17.5 Å². The largest absolute Gasteiger partial charge is 0.312 e. The van der Waals surface area contributed by atoms with Gasteiger partial charge < -0.3 is 5.32 Å². The second kappa shape index (κ2) is 2.59. The molecule has 2 rings (SSSR count). The molecule has 0 amide bonds. The van der Waals surface area contributed by atoms with E-state index >= 15 is 0 Å². The highest BCUT2D eigenvalue weighted by Gasteiger charge is 2.11. The van der Waals surface area contributed by atoms with Gasteiger partial charge in [-0.2, -0.15) is 0 Å². The molecule has 1 heteroatoms. The zero-order chi connectivity index (χ0) is 6.81. The molecule has 1 aliphatic heterocycles. The van der Waals surface area contributed by atoms with Crippen LogP contribution < -0.4 is 5.32 Å². The van der Waals surface area contributed by atoms with Crippen LogP contribution in [-0.4, -0.2) is 13.1 Å². The van der Waals surface area contributed by atoms with Gasteiger partial charge in [-0.3, -0.25) is 0 Å². The fourth-order valence-electron chi connectivity index (χ4n) is 1.67. The van der Waals surface area contributed by atoms with Gasteiger partial charge in [0.15, 0.2) is 0 Å². The van der Waals surface area contributed by atoms with Crippen molar-refractivity contribution in [1.29, 1.82) is 0 Å². The van der Waals surface area contributed by atoms with Crippen molar-refractivity contribution < 1.29 is 0 Å². The lowest BCUT2D eigenvalue weighted by molar-refractivity contribution is 0.670. The molecule has 1 aliphatic carbocycles. The maximum Gasteiger partial charge on any atom is 0.0205 e. The monoisotopic (exact) mass is 135 g/mol. The van der Waals surface area contributed by atoms with Crippen LogP contribution in [0.15, 0.2) is 23.3 Å². The second-order valence-corrected chi connectivity index (χ2v) is 2.96. The Morgan fingerprint density at radius 1 is 1.10 bits per heavy atom. The molecule has 0 spiro atoms. The predicted molar refractivity (Wildman–Crippen MR) is 42.9 cm³/mol. The first-order valence-corrected chi connectivity index (χ1v) is 4.06. The SMILES string of the molecule is C1=C2CCNCC2=CCC1. The minimum Gasteiger partial charge on any atom is -0.312 e. The summed E-state index contributed by atoms with van der Waals surface area (Å²) in [4.78, 5) is 0. The molecule has 54 valence electrons. The van der Waals surface area contributed by atoms with Gasteiger partial charge in [-0.05, 0) is 37.0 Å². The third-order valence-electron chi connectivity index (χ3n) is 2.25. The maximum atomic E-state index is 3.37. The Kier molecular flexibility index (Phi) is 1.60. The number of fused-ring (bicyclic) bond motifs is 1. The summed E-state index contributed by atoms with van der Waals surface area (Å²) in [5.41, 5.74) is 3.16. The average molecular weight is 135 g/mol. The second-order valence-electron chi connectivity index (χ2n) is 2.96. The Bertz CT molecular complexity index is 167. The molecule has 0 aromatic carbocycles. The van der Waals surface area contributed by atoms with E-state index in [1.807, 2.05) is 0 Å². The van der Waals surface area contributed by atoms with Gasteiger partial charge in [0.25, 0.3) is 0 Å². The predicted octanol–water partition coefficient (Wildman–Crippen LogP) is 1.63. The van der Waals surface area contributed by atoms with Crippen LogP contribution in [0, 0.1) is 0 Å². The standard InChI is InChI=1S/C9H13N/c1-2-4-9-7-10-6-5-8(9)3-1/h3-4,10H,1-2,5-7H2. The molecule has 1 saturated heterocycles. The van der Waals surface area contributed by atoms with Crippen LogP contribution in [0.4, 0.5) is 0 Å². The van der Waals surface area contributed by atoms with E-state index in [4.69, 9.17) is 0 Å². The van der Waals surface area contributed by atoms with Crippen LogP contribution in [-0.2, 0) is 0 Å². The van der Waals surface area contributed by atoms with Crippen molar-refractivity contribution in [2.75, 3.05) is 13.1 Å². The fraction of sp³-hybridized carbons (Fsp3) is 0.556. The van der Waals surface area contributed by atoms with Gasteiger partial charge in [0.05, 0.1) is 0 Å². The number of rotatable bonds is 0. The first-order valence-electron chi connectivity index (χ1n) is 4.06. The van der Waals surface area contributed by atoms with Gasteiger partial charge in [-0.15, -0.1) is 0 Å². The van der Waals surface area contributed by atoms with Crippen molar-refractivity contribution >= 4 is 0 Å². The van der Waals surface area contributed by atoms with E-state index in [0.29, 0.717) is 0 Å². The minimum atomic E-state index is 1.10. The summed E-state index contributed by atoms with van der Waals surface area (Å²) in [6, 6.07) is 0. The molecule has 10 heavy (non-hydrogen) atoms. The Morgan fingerprint density at radius 3 is 2.70 bits per heavy atom. The number of nitrogens with one attached hydrogen (secondary N) is 1. The molecule has 0 bridgehead atoms. The Hall–Kier alpha value is -0.560. The molecule has 0 radical (unpaired) electrons. The van der Waals surface area contributed by atoms with E-state index in [9.17, 15) is 0 Å². The van der Waals surface area contributed by atoms with Crippen molar-refractivity contribution in [3.05, 3.63) is 23.3 Å². The highest BCUT2D eigenvalue weighted by atomic mass is 14.9. The molecular weight excluding hydrogens is 122 g/mol. The van der Waals surface area contributed by atoms with Crippen LogP contribution in [0.25, 0.3) is 0 Å². The van der Waals surface area contributed by atoms with E-state index in [1.165, 1.54) is 25.8 Å². The van der Waals surface area contributed by atoms with Gasteiger partial charge in [-0.1, -0.05) is 12.2 Å². The van der Waals surface area contributed by atoms with Gasteiger partial charge in [0, 0.05) is 6.54 Å². The van der Waals surface area contributed by atoms with Crippen molar-refractivity contribution in [3.8, 4) is 0 Å². The number of allylic oxidation sites excluding steroid dienone is 2. The summed E-state index contributed by atoms with van der Waals surface area (Å²) in [6.45, 7) is 2.27. The molecule has 1 nitrogen and oxygen atoms in total. The minimum absolute atomic E-state index is 1.10.